The molecular formula is C19H26FN5. The Balaban J connectivity index is 1.56. The fraction of sp³-hybridized carbons (Fsp3) is 0.474. The molecule has 2 N–H and O–H groups in total. The van der Waals surface area contributed by atoms with Gasteiger partial charge in [0.1, 0.15) is 5.82 Å². The molecule has 2 aromatic rings. The van der Waals surface area contributed by atoms with Gasteiger partial charge in [-0.2, -0.15) is 0 Å². The van der Waals surface area contributed by atoms with E-state index in [1.54, 1.807) is 42.5 Å². The molecule has 0 amide bonds. The first-order valence-electron chi connectivity index (χ1n) is 8.87. The van der Waals surface area contributed by atoms with Gasteiger partial charge in [0, 0.05) is 32.5 Å². The summed E-state index contributed by atoms with van der Waals surface area (Å²) in [6.07, 6.45) is 10.0. The van der Waals surface area contributed by atoms with E-state index in [2.05, 4.69) is 27.5 Å². The van der Waals surface area contributed by atoms with Crippen molar-refractivity contribution in [2.75, 3.05) is 13.6 Å². The minimum Gasteiger partial charge on any atom is -0.356 e. The van der Waals surface area contributed by atoms with E-state index in [4.69, 9.17) is 0 Å². The van der Waals surface area contributed by atoms with Crippen LogP contribution in [0, 0.1) is 11.2 Å². The van der Waals surface area contributed by atoms with Gasteiger partial charge in [0.05, 0.1) is 12.0 Å². The molecule has 1 aliphatic carbocycles. The van der Waals surface area contributed by atoms with E-state index in [1.165, 1.54) is 25.7 Å². The summed E-state index contributed by atoms with van der Waals surface area (Å²) < 4.78 is 16.0. The third-order valence-corrected chi connectivity index (χ3v) is 5.27. The predicted octanol–water partition coefficient (Wildman–Crippen LogP) is 3.26. The third-order valence-electron chi connectivity index (χ3n) is 5.27. The van der Waals surface area contributed by atoms with E-state index in [1.807, 2.05) is 6.07 Å². The summed E-state index contributed by atoms with van der Waals surface area (Å²) in [6, 6.07) is 5.23. The molecule has 0 radical (unpaired) electrons. The molecule has 0 aliphatic heterocycles. The molecule has 0 atom stereocenters. The number of benzene rings is 1. The van der Waals surface area contributed by atoms with Crippen LogP contribution in [-0.2, 0) is 6.54 Å². The Morgan fingerprint density at radius 3 is 2.76 bits per heavy atom. The maximum Gasteiger partial charge on any atom is 0.191 e. The average Bonchev–Trinajstić information content (AvgIpc) is 3.11. The molecule has 0 unspecified atom stereocenters. The van der Waals surface area contributed by atoms with Crippen LogP contribution in [0.3, 0.4) is 0 Å². The minimum atomic E-state index is -0.264. The highest BCUT2D eigenvalue weighted by atomic mass is 19.1. The monoisotopic (exact) mass is 343 g/mol. The summed E-state index contributed by atoms with van der Waals surface area (Å²) >= 11 is 0. The Morgan fingerprint density at radius 1 is 1.36 bits per heavy atom. The highest BCUT2D eigenvalue weighted by Gasteiger charge is 2.34. The van der Waals surface area contributed by atoms with Gasteiger partial charge >= 0.3 is 0 Å². The molecule has 1 aromatic heterocycles. The van der Waals surface area contributed by atoms with E-state index in [9.17, 15) is 4.39 Å². The molecule has 6 heteroatoms. The quantitative estimate of drug-likeness (QED) is 0.625. The minimum absolute atomic E-state index is 0.264. The first kappa shape index (κ1) is 17.5. The number of rotatable bonds is 6. The van der Waals surface area contributed by atoms with Crippen molar-refractivity contribution >= 4 is 5.96 Å². The number of hydrogen-bond donors (Lipinski definition) is 2. The summed E-state index contributed by atoms with van der Waals surface area (Å²) in [5.41, 5.74) is 1.80. The van der Waals surface area contributed by atoms with Crippen LogP contribution in [-0.4, -0.2) is 29.1 Å². The Kier molecular flexibility index (Phi) is 5.36. The summed E-state index contributed by atoms with van der Waals surface area (Å²) in [5, 5.41) is 6.68. The second-order valence-electron chi connectivity index (χ2n) is 6.74. The van der Waals surface area contributed by atoms with Crippen LogP contribution in [0.15, 0.2) is 41.9 Å². The second kappa shape index (κ2) is 7.68. The van der Waals surface area contributed by atoms with Gasteiger partial charge < -0.3 is 15.2 Å². The van der Waals surface area contributed by atoms with Gasteiger partial charge in [0.2, 0.25) is 0 Å². The van der Waals surface area contributed by atoms with E-state index in [0.29, 0.717) is 17.6 Å². The number of halogens is 1. The molecule has 0 bridgehead atoms. The van der Waals surface area contributed by atoms with Crippen molar-refractivity contribution in [1.82, 2.24) is 20.2 Å². The zero-order valence-corrected chi connectivity index (χ0v) is 14.9. The van der Waals surface area contributed by atoms with E-state index in [0.717, 1.165) is 18.1 Å². The Morgan fingerprint density at radius 2 is 2.20 bits per heavy atom. The molecular weight excluding hydrogens is 317 g/mol. The summed E-state index contributed by atoms with van der Waals surface area (Å²) in [7, 11) is 1.76. The van der Waals surface area contributed by atoms with Gasteiger partial charge in [-0.1, -0.05) is 19.4 Å². The second-order valence-corrected chi connectivity index (χ2v) is 6.74. The van der Waals surface area contributed by atoms with Crippen molar-refractivity contribution in [3.05, 3.63) is 48.3 Å². The van der Waals surface area contributed by atoms with Gasteiger partial charge in [-0.25, -0.2) is 9.37 Å². The number of aromatic nitrogens is 2. The third kappa shape index (κ3) is 4.00. The molecule has 1 heterocycles. The van der Waals surface area contributed by atoms with Crippen molar-refractivity contribution in [1.29, 1.82) is 0 Å². The van der Waals surface area contributed by atoms with Gasteiger partial charge in [-0.05, 0) is 42.4 Å². The number of nitrogens with zero attached hydrogens (tertiary/aromatic N) is 3. The zero-order chi connectivity index (χ0) is 17.7. The molecule has 1 aromatic carbocycles. The lowest BCUT2D eigenvalue weighted by atomic mass is 9.67. The lowest BCUT2D eigenvalue weighted by molar-refractivity contribution is 0.131. The first-order valence-corrected chi connectivity index (χ1v) is 8.87. The van der Waals surface area contributed by atoms with Crippen LogP contribution >= 0.6 is 0 Å². The summed E-state index contributed by atoms with van der Waals surface area (Å²) in [4.78, 5) is 8.22. The molecule has 5 nitrogen and oxygen atoms in total. The molecule has 1 fully saturated rings. The van der Waals surface area contributed by atoms with E-state index < -0.39 is 0 Å². The van der Waals surface area contributed by atoms with Crippen molar-refractivity contribution in [2.24, 2.45) is 10.4 Å². The van der Waals surface area contributed by atoms with E-state index in [-0.39, 0.29) is 5.82 Å². The van der Waals surface area contributed by atoms with Gasteiger partial charge in [0.15, 0.2) is 5.96 Å². The van der Waals surface area contributed by atoms with Gasteiger partial charge in [-0.3, -0.25) is 4.99 Å². The fourth-order valence-corrected chi connectivity index (χ4v) is 3.28. The topological polar surface area (TPSA) is 54.2 Å². The first-order chi connectivity index (χ1) is 12.2. The van der Waals surface area contributed by atoms with Gasteiger partial charge in [0.25, 0.3) is 0 Å². The molecule has 3 rings (SSSR count). The number of nitrogens with one attached hydrogen (secondary N) is 2. The lowest BCUT2D eigenvalue weighted by Gasteiger charge is -2.41. The van der Waals surface area contributed by atoms with Crippen molar-refractivity contribution in [3.8, 4) is 5.69 Å². The van der Waals surface area contributed by atoms with Crippen LogP contribution in [0.1, 0.15) is 38.2 Å². The number of aliphatic imine (C=N–C) groups is 1. The SMILES string of the molecule is CCC1(CNC(=NC)NCc2ccc(-n3ccnc3)c(F)c2)CCC1. The summed E-state index contributed by atoms with van der Waals surface area (Å²) in [6.45, 7) is 3.72. The maximum absolute atomic E-state index is 14.3. The van der Waals surface area contributed by atoms with Crippen LogP contribution < -0.4 is 10.6 Å². The molecule has 134 valence electrons. The summed E-state index contributed by atoms with van der Waals surface area (Å²) in [5.74, 6) is 0.499. The average molecular weight is 343 g/mol. The molecule has 1 saturated carbocycles. The van der Waals surface area contributed by atoms with Crippen molar-refractivity contribution < 1.29 is 4.39 Å². The largest absolute Gasteiger partial charge is 0.356 e. The number of guanidine groups is 1. The normalized spacial score (nSPS) is 16.4. The zero-order valence-electron chi connectivity index (χ0n) is 14.9. The van der Waals surface area contributed by atoms with Crippen LogP contribution in [0.4, 0.5) is 4.39 Å². The molecule has 25 heavy (non-hydrogen) atoms. The Labute approximate surface area is 148 Å². The Bertz CT molecular complexity index is 714. The molecule has 0 spiro atoms. The Hall–Kier alpha value is -2.37. The molecule has 0 saturated heterocycles. The predicted molar refractivity (Wildman–Crippen MR) is 98.3 cm³/mol. The van der Waals surface area contributed by atoms with Crippen molar-refractivity contribution in [3.63, 3.8) is 0 Å². The van der Waals surface area contributed by atoms with Crippen LogP contribution in [0.25, 0.3) is 5.69 Å². The molecule has 1 aliphatic rings. The van der Waals surface area contributed by atoms with Gasteiger partial charge in [-0.15, -0.1) is 0 Å². The smallest absolute Gasteiger partial charge is 0.191 e. The number of imidazole rings is 1. The lowest BCUT2D eigenvalue weighted by Crippen LogP contribution is -2.46. The van der Waals surface area contributed by atoms with Crippen LogP contribution in [0.5, 0.6) is 0 Å². The highest BCUT2D eigenvalue weighted by molar-refractivity contribution is 5.79. The standard InChI is InChI=1S/C19H26FN5/c1-3-19(7-4-8-19)13-24-18(21-2)23-12-15-5-6-17(16(20)11-15)25-10-9-22-14-25/h5-6,9-11,14H,3-4,7-8,12-13H2,1-2H3,(H2,21,23,24). The fourth-order valence-electron chi connectivity index (χ4n) is 3.28. The van der Waals surface area contributed by atoms with Crippen molar-refractivity contribution in [2.45, 2.75) is 39.2 Å². The van der Waals surface area contributed by atoms with E-state index >= 15 is 0 Å². The highest BCUT2D eigenvalue weighted by Crippen LogP contribution is 2.42. The van der Waals surface area contributed by atoms with Crippen LogP contribution in [0.2, 0.25) is 0 Å². The maximum atomic E-state index is 14.3. The number of hydrogen-bond acceptors (Lipinski definition) is 2.